The molecule has 1 heterocycles. The molecular weight excluding hydrogens is 308 g/mol. The topological polar surface area (TPSA) is 25.9 Å². The summed E-state index contributed by atoms with van der Waals surface area (Å²) >= 11 is 6.00. The number of fused-ring (bicyclic) bond motifs is 1. The smallest absolute Gasteiger partial charge is 0.240 e. The minimum absolute atomic E-state index is 0.00729. The maximum absolute atomic E-state index is 12.9. The van der Waals surface area contributed by atoms with Gasteiger partial charge < -0.3 is 0 Å². The molecule has 0 saturated carbocycles. The van der Waals surface area contributed by atoms with Gasteiger partial charge >= 0.3 is 5.56 Å². The normalized spacial score (nSPS) is 11.9. The van der Waals surface area contributed by atoms with Crippen LogP contribution in [0, 0.1) is 6.92 Å². The van der Waals surface area contributed by atoms with E-state index in [0.29, 0.717) is 11.9 Å². The number of hydrogen-bond donors (Lipinski definition) is 0. The molecule has 23 heavy (non-hydrogen) atoms. The molecule has 0 fully saturated rings. The van der Waals surface area contributed by atoms with Crippen LogP contribution in [0.15, 0.2) is 70.5 Å². The first-order valence-corrected chi connectivity index (χ1v) is 7.89. The summed E-state index contributed by atoms with van der Waals surface area (Å²) in [5.41, 5.74) is 1.77. The second-order valence-corrected chi connectivity index (χ2v) is 6.04. The lowest BCUT2D eigenvalue weighted by Gasteiger charge is -2.10. The third-order valence-electron chi connectivity index (χ3n) is 3.91. The maximum Gasteiger partial charge on any atom is 0.350 e. The van der Waals surface area contributed by atoms with E-state index in [9.17, 15) is 4.79 Å². The van der Waals surface area contributed by atoms with Crippen LogP contribution in [-0.4, -0.2) is 4.57 Å². The first-order valence-electron chi connectivity index (χ1n) is 7.51. The third-order valence-corrected chi connectivity index (χ3v) is 4.07. The Balaban J connectivity index is 2.38. The predicted octanol–water partition coefficient (Wildman–Crippen LogP) is 3.73. The lowest BCUT2D eigenvalue weighted by atomic mass is 10.2. The van der Waals surface area contributed by atoms with Crippen LogP contribution in [0.3, 0.4) is 0 Å². The van der Waals surface area contributed by atoms with Crippen LogP contribution in [0.1, 0.15) is 12.7 Å². The fourth-order valence-electron chi connectivity index (χ4n) is 2.78. The summed E-state index contributed by atoms with van der Waals surface area (Å²) in [6, 6.07) is 17.4. The predicted molar refractivity (Wildman–Crippen MR) is 94.1 cm³/mol. The molecule has 1 aromatic heterocycles. The van der Waals surface area contributed by atoms with Gasteiger partial charge in [0.05, 0.1) is 0 Å². The molecule has 0 bridgehead atoms. The van der Waals surface area contributed by atoms with Crippen LogP contribution >= 0.6 is 11.6 Å². The van der Waals surface area contributed by atoms with E-state index >= 15 is 0 Å². The Morgan fingerprint density at radius 1 is 1.13 bits per heavy atom. The van der Waals surface area contributed by atoms with Crippen LogP contribution in [-0.2, 0) is 6.54 Å². The Hall–Kier alpha value is -2.39. The van der Waals surface area contributed by atoms with Crippen molar-refractivity contribution in [2.24, 2.45) is 0 Å². The third kappa shape index (κ3) is 2.92. The van der Waals surface area contributed by atoms with Gasteiger partial charge in [-0.25, -0.2) is 9.36 Å². The molecule has 0 amide bonds. The zero-order chi connectivity index (χ0) is 16.4. The van der Waals surface area contributed by atoms with Gasteiger partial charge in [0.15, 0.2) is 0 Å². The van der Waals surface area contributed by atoms with Crippen molar-refractivity contribution in [3.63, 3.8) is 0 Å². The lowest BCUT2D eigenvalue weighted by Crippen LogP contribution is -2.44. The van der Waals surface area contributed by atoms with E-state index < -0.39 is 0 Å². The minimum atomic E-state index is -0.00729. The Kier molecular flexibility index (Phi) is 4.30. The summed E-state index contributed by atoms with van der Waals surface area (Å²) in [6.45, 7) is 4.43. The molecule has 116 valence electrons. The van der Waals surface area contributed by atoms with Gasteiger partial charge in [0.2, 0.25) is 0 Å². The molecule has 0 aliphatic rings. The first kappa shape index (κ1) is 15.5. The second-order valence-electron chi connectivity index (χ2n) is 5.44. The Morgan fingerprint density at radius 2 is 1.78 bits per heavy atom. The van der Waals surface area contributed by atoms with E-state index in [1.165, 1.54) is 0 Å². The molecule has 0 aliphatic heterocycles. The summed E-state index contributed by atoms with van der Waals surface area (Å²) in [4.78, 5) is 12.9. The van der Waals surface area contributed by atoms with Crippen molar-refractivity contribution < 1.29 is 4.57 Å². The SMILES string of the molecule is C/C(Cl)=C\C[n+]1c(C)n(-c2ccccc2)c(=O)c2ccccc21. The Morgan fingerprint density at radius 3 is 2.48 bits per heavy atom. The summed E-state index contributed by atoms with van der Waals surface area (Å²) in [5.74, 6) is 0.870. The van der Waals surface area contributed by atoms with Gasteiger partial charge in [-0.1, -0.05) is 41.9 Å². The second kappa shape index (κ2) is 6.39. The van der Waals surface area contributed by atoms with Crippen LogP contribution in [0.25, 0.3) is 16.6 Å². The molecule has 3 rings (SSSR count). The Labute approximate surface area is 140 Å². The number of nitrogens with zero attached hydrogens (tertiary/aromatic N) is 2. The highest BCUT2D eigenvalue weighted by atomic mass is 35.5. The minimum Gasteiger partial charge on any atom is -0.240 e. The molecule has 4 heteroatoms. The maximum atomic E-state index is 12.9. The number of para-hydroxylation sites is 2. The van der Waals surface area contributed by atoms with Crippen molar-refractivity contribution in [3.05, 3.63) is 81.9 Å². The van der Waals surface area contributed by atoms with E-state index in [2.05, 4.69) is 4.57 Å². The molecular formula is C19H18ClN2O+. The van der Waals surface area contributed by atoms with Crippen molar-refractivity contribution in [2.45, 2.75) is 20.4 Å². The molecule has 3 aromatic rings. The fraction of sp³-hybridized carbons (Fsp3) is 0.158. The molecule has 0 saturated heterocycles. The molecule has 2 aromatic carbocycles. The molecule has 0 atom stereocenters. The average molecular weight is 326 g/mol. The van der Waals surface area contributed by atoms with Crippen LogP contribution in [0.4, 0.5) is 0 Å². The largest absolute Gasteiger partial charge is 0.350 e. The highest BCUT2D eigenvalue weighted by Crippen LogP contribution is 2.11. The van der Waals surface area contributed by atoms with Gasteiger partial charge in [-0.05, 0) is 37.3 Å². The van der Waals surface area contributed by atoms with Gasteiger partial charge in [-0.2, -0.15) is 4.57 Å². The summed E-state index contributed by atoms with van der Waals surface area (Å²) in [7, 11) is 0. The number of hydrogen-bond acceptors (Lipinski definition) is 1. The van der Waals surface area contributed by atoms with E-state index in [-0.39, 0.29) is 5.56 Å². The Bertz CT molecular complexity index is 939. The first-order chi connectivity index (χ1) is 11.1. The lowest BCUT2D eigenvalue weighted by molar-refractivity contribution is -0.671. The van der Waals surface area contributed by atoms with E-state index in [0.717, 1.165) is 22.1 Å². The zero-order valence-corrected chi connectivity index (χ0v) is 13.9. The van der Waals surface area contributed by atoms with Crippen molar-refractivity contribution >= 4 is 22.5 Å². The molecule has 0 aliphatic carbocycles. The van der Waals surface area contributed by atoms with Crippen LogP contribution in [0.2, 0.25) is 0 Å². The summed E-state index contributed by atoms with van der Waals surface area (Å²) in [5, 5.41) is 1.43. The molecule has 0 radical (unpaired) electrons. The zero-order valence-electron chi connectivity index (χ0n) is 13.2. The summed E-state index contributed by atoms with van der Waals surface area (Å²) in [6.07, 6.45) is 1.95. The number of allylic oxidation sites excluding steroid dienone is 2. The number of benzene rings is 2. The number of rotatable bonds is 3. The highest BCUT2D eigenvalue weighted by Gasteiger charge is 2.20. The van der Waals surface area contributed by atoms with Crippen molar-refractivity contribution in [3.8, 4) is 5.69 Å². The van der Waals surface area contributed by atoms with E-state index in [1.54, 1.807) is 4.57 Å². The standard InChI is InChI=1S/C19H18ClN2O/c1-14(20)12-13-21-15(2)22(16-8-4-3-5-9-16)19(23)17-10-6-7-11-18(17)21/h3-12H,13H2,1-2H3/q+1/b14-12+. The van der Waals surface area contributed by atoms with E-state index in [4.69, 9.17) is 11.6 Å². The van der Waals surface area contributed by atoms with Crippen molar-refractivity contribution in [2.75, 3.05) is 0 Å². The molecule has 3 nitrogen and oxygen atoms in total. The van der Waals surface area contributed by atoms with Gasteiger partial charge in [0, 0.05) is 12.0 Å². The van der Waals surface area contributed by atoms with Gasteiger partial charge in [-0.15, -0.1) is 0 Å². The average Bonchev–Trinajstić information content (AvgIpc) is 2.55. The van der Waals surface area contributed by atoms with Crippen LogP contribution in [0.5, 0.6) is 0 Å². The van der Waals surface area contributed by atoms with Crippen molar-refractivity contribution in [1.29, 1.82) is 0 Å². The van der Waals surface area contributed by atoms with Gasteiger partial charge in [0.1, 0.15) is 23.1 Å². The van der Waals surface area contributed by atoms with Crippen LogP contribution < -0.4 is 10.1 Å². The fourth-order valence-corrected chi connectivity index (χ4v) is 2.85. The molecule has 0 spiro atoms. The number of aromatic nitrogens is 2. The van der Waals surface area contributed by atoms with Gasteiger partial charge in [0.25, 0.3) is 5.82 Å². The molecule has 0 unspecified atom stereocenters. The van der Waals surface area contributed by atoms with E-state index in [1.807, 2.05) is 74.5 Å². The summed E-state index contributed by atoms with van der Waals surface area (Å²) < 4.78 is 3.86. The molecule has 0 N–H and O–H groups in total. The monoisotopic (exact) mass is 325 g/mol. The van der Waals surface area contributed by atoms with Crippen molar-refractivity contribution in [1.82, 2.24) is 4.57 Å². The quantitative estimate of drug-likeness (QED) is 0.674. The van der Waals surface area contributed by atoms with Gasteiger partial charge in [-0.3, -0.25) is 0 Å². The number of halogens is 1. The highest BCUT2D eigenvalue weighted by molar-refractivity contribution is 6.29.